The Hall–Kier alpha value is -1.35. The molecule has 0 amide bonds. The lowest BCUT2D eigenvalue weighted by Gasteiger charge is -2.23. The SMILES string of the molecule is CC(C)Cc1ccc(C(NCCCC(=O)O)C(C)C)cc1. The third kappa shape index (κ3) is 6.76. The number of carboxylic acid groups (broad SMARTS) is 1. The zero-order valence-corrected chi connectivity index (χ0v) is 13.7. The zero-order chi connectivity index (χ0) is 15.8. The summed E-state index contributed by atoms with van der Waals surface area (Å²) in [7, 11) is 0. The third-order valence-electron chi connectivity index (χ3n) is 3.58. The second-order valence-electron chi connectivity index (χ2n) is 6.51. The summed E-state index contributed by atoms with van der Waals surface area (Å²) >= 11 is 0. The maximum absolute atomic E-state index is 10.5. The second-order valence-corrected chi connectivity index (χ2v) is 6.51. The first-order valence-electron chi connectivity index (χ1n) is 7.94. The molecule has 0 saturated heterocycles. The van der Waals surface area contributed by atoms with E-state index in [1.807, 2.05) is 0 Å². The number of rotatable bonds is 9. The molecule has 118 valence electrons. The van der Waals surface area contributed by atoms with Crippen molar-refractivity contribution in [1.29, 1.82) is 0 Å². The Bertz CT molecular complexity index is 423. The highest BCUT2D eigenvalue weighted by atomic mass is 16.4. The van der Waals surface area contributed by atoms with Gasteiger partial charge in [0.15, 0.2) is 0 Å². The largest absolute Gasteiger partial charge is 0.481 e. The van der Waals surface area contributed by atoms with Crippen molar-refractivity contribution in [2.24, 2.45) is 11.8 Å². The Morgan fingerprint density at radius 2 is 1.76 bits per heavy atom. The molecule has 0 bridgehead atoms. The fourth-order valence-electron chi connectivity index (χ4n) is 2.57. The highest BCUT2D eigenvalue weighted by Gasteiger charge is 2.15. The second kappa shape index (κ2) is 8.83. The van der Waals surface area contributed by atoms with E-state index in [2.05, 4.69) is 57.3 Å². The Balaban J connectivity index is 2.61. The van der Waals surface area contributed by atoms with Gasteiger partial charge < -0.3 is 10.4 Å². The van der Waals surface area contributed by atoms with Gasteiger partial charge in [0.2, 0.25) is 0 Å². The molecule has 1 unspecified atom stereocenters. The first-order chi connectivity index (χ1) is 9.90. The minimum absolute atomic E-state index is 0.227. The molecule has 21 heavy (non-hydrogen) atoms. The standard InChI is InChI=1S/C18H29NO2/c1-13(2)12-15-7-9-16(10-8-15)18(14(3)4)19-11-5-6-17(20)21/h7-10,13-14,18-19H,5-6,11-12H2,1-4H3,(H,20,21). The van der Waals surface area contributed by atoms with Gasteiger partial charge in [-0.05, 0) is 42.3 Å². The van der Waals surface area contributed by atoms with Crippen LogP contribution >= 0.6 is 0 Å². The van der Waals surface area contributed by atoms with Crippen molar-refractivity contribution in [3.63, 3.8) is 0 Å². The van der Waals surface area contributed by atoms with Crippen LogP contribution in [0.4, 0.5) is 0 Å². The van der Waals surface area contributed by atoms with E-state index in [-0.39, 0.29) is 12.5 Å². The molecule has 0 spiro atoms. The maximum Gasteiger partial charge on any atom is 0.303 e. The van der Waals surface area contributed by atoms with Crippen LogP contribution in [0.2, 0.25) is 0 Å². The number of benzene rings is 1. The molecule has 1 rings (SSSR count). The van der Waals surface area contributed by atoms with Crippen molar-refractivity contribution in [3.8, 4) is 0 Å². The molecule has 3 heteroatoms. The summed E-state index contributed by atoms with van der Waals surface area (Å²) in [5.74, 6) is 0.424. The highest BCUT2D eigenvalue weighted by Crippen LogP contribution is 2.22. The van der Waals surface area contributed by atoms with Crippen LogP contribution in [0, 0.1) is 11.8 Å². The number of hydrogen-bond donors (Lipinski definition) is 2. The normalized spacial score (nSPS) is 12.9. The average Bonchev–Trinajstić information content (AvgIpc) is 2.38. The summed E-state index contributed by atoms with van der Waals surface area (Å²) < 4.78 is 0. The molecule has 0 aromatic heterocycles. The zero-order valence-electron chi connectivity index (χ0n) is 13.7. The van der Waals surface area contributed by atoms with Crippen LogP contribution in [0.15, 0.2) is 24.3 Å². The van der Waals surface area contributed by atoms with Gasteiger partial charge in [-0.1, -0.05) is 52.0 Å². The van der Waals surface area contributed by atoms with Crippen LogP contribution in [0.25, 0.3) is 0 Å². The minimum Gasteiger partial charge on any atom is -0.481 e. The molecule has 0 aliphatic rings. The summed E-state index contributed by atoms with van der Waals surface area (Å²) in [5.41, 5.74) is 2.66. The van der Waals surface area contributed by atoms with Crippen molar-refractivity contribution >= 4 is 5.97 Å². The van der Waals surface area contributed by atoms with E-state index in [0.717, 1.165) is 13.0 Å². The van der Waals surface area contributed by atoms with Crippen molar-refractivity contribution in [1.82, 2.24) is 5.32 Å². The maximum atomic E-state index is 10.5. The first-order valence-corrected chi connectivity index (χ1v) is 7.94. The van der Waals surface area contributed by atoms with E-state index < -0.39 is 5.97 Å². The smallest absolute Gasteiger partial charge is 0.303 e. The molecule has 1 aromatic rings. The molecule has 0 saturated carbocycles. The van der Waals surface area contributed by atoms with E-state index in [1.54, 1.807) is 0 Å². The van der Waals surface area contributed by atoms with Gasteiger partial charge in [0.1, 0.15) is 0 Å². The van der Waals surface area contributed by atoms with Crippen LogP contribution in [0.5, 0.6) is 0 Å². The predicted octanol–water partition coefficient (Wildman–Crippen LogP) is 4.04. The van der Waals surface area contributed by atoms with Crippen molar-refractivity contribution in [2.75, 3.05) is 6.54 Å². The lowest BCUT2D eigenvalue weighted by atomic mass is 9.93. The number of aliphatic carboxylic acids is 1. The summed E-state index contributed by atoms with van der Waals surface area (Å²) in [6, 6.07) is 9.11. The molecule has 0 heterocycles. The van der Waals surface area contributed by atoms with Crippen LogP contribution < -0.4 is 5.32 Å². The topological polar surface area (TPSA) is 49.3 Å². The van der Waals surface area contributed by atoms with Gasteiger partial charge in [-0.15, -0.1) is 0 Å². The molecule has 3 nitrogen and oxygen atoms in total. The van der Waals surface area contributed by atoms with Gasteiger partial charge >= 0.3 is 5.97 Å². The van der Waals surface area contributed by atoms with Gasteiger partial charge in [0.25, 0.3) is 0 Å². The Morgan fingerprint density at radius 3 is 2.24 bits per heavy atom. The highest BCUT2D eigenvalue weighted by molar-refractivity contribution is 5.66. The first kappa shape index (κ1) is 17.7. The van der Waals surface area contributed by atoms with E-state index in [9.17, 15) is 4.79 Å². The van der Waals surface area contributed by atoms with Crippen LogP contribution in [-0.2, 0) is 11.2 Å². The number of nitrogens with one attached hydrogen (secondary N) is 1. The number of hydrogen-bond acceptors (Lipinski definition) is 2. The average molecular weight is 291 g/mol. The Morgan fingerprint density at radius 1 is 1.14 bits per heavy atom. The molecule has 0 aliphatic carbocycles. The van der Waals surface area contributed by atoms with E-state index >= 15 is 0 Å². The summed E-state index contributed by atoms with van der Waals surface area (Å²) in [5, 5.41) is 12.2. The van der Waals surface area contributed by atoms with E-state index in [0.29, 0.717) is 18.3 Å². The quantitative estimate of drug-likeness (QED) is 0.675. The van der Waals surface area contributed by atoms with Crippen LogP contribution in [0.1, 0.15) is 57.7 Å². The Kier molecular flexibility index (Phi) is 7.44. The van der Waals surface area contributed by atoms with Crippen molar-refractivity contribution < 1.29 is 9.90 Å². The molecular formula is C18H29NO2. The fraction of sp³-hybridized carbons (Fsp3) is 0.611. The van der Waals surface area contributed by atoms with E-state index in [1.165, 1.54) is 11.1 Å². The Labute approximate surface area is 128 Å². The number of carbonyl (C=O) groups is 1. The molecular weight excluding hydrogens is 262 g/mol. The van der Waals surface area contributed by atoms with Crippen LogP contribution in [-0.4, -0.2) is 17.6 Å². The van der Waals surface area contributed by atoms with Crippen molar-refractivity contribution in [3.05, 3.63) is 35.4 Å². The molecule has 1 aromatic carbocycles. The lowest BCUT2D eigenvalue weighted by molar-refractivity contribution is -0.137. The molecule has 2 N–H and O–H groups in total. The number of carboxylic acids is 1. The summed E-state index contributed by atoms with van der Waals surface area (Å²) in [6.07, 6.45) is 2.01. The molecule has 0 aliphatic heterocycles. The lowest BCUT2D eigenvalue weighted by Crippen LogP contribution is -2.27. The van der Waals surface area contributed by atoms with Gasteiger partial charge in [-0.3, -0.25) is 4.79 Å². The van der Waals surface area contributed by atoms with Crippen LogP contribution in [0.3, 0.4) is 0 Å². The van der Waals surface area contributed by atoms with Gasteiger partial charge in [-0.25, -0.2) is 0 Å². The summed E-state index contributed by atoms with van der Waals surface area (Å²) in [6.45, 7) is 9.58. The van der Waals surface area contributed by atoms with Gasteiger partial charge in [0, 0.05) is 12.5 Å². The summed E-state index contributed by atoms with van der Waals surface area (Å²) in [4.78, 5) is 10.5. The van der Waals surface area contributed by atoms with E-state index in [4.69, 9.17) is 5.11 Å². The van der Waals surface area contributed by atoms with Gasteiger partial charge in [-0.2, -0.15) is 0 Å². The third-order valence-corrected chi connectivity index (χ3v) is 3.58. The monoisotopic (exact) mass is 291 g/mol. The molecule has 1 atom stereocenters. The fourth-order valence-corrected chi connectivity index (χ4v) is 2.57. The minimum atomic E-state index is -0.726. The van der Waals surface area contributed by atoms with Crippen molar-refractivity contribution in [2.45, 2.75) is 53.0 Å². The molecule has 0 fully saturated rings. The predicted molar refractivity (Wildman–Crippen MR) is 87.4 cm³/mol. The molecule has 0 radical (unpaired) electrons. The van der Waals surface area contributed by atoms with Gasteiger partial charge in [0.05, 0.1) is 0 Å².